The van der Waals surface area contributed by atoms with E-state index in [-0.39, 0.29) is 0 Å². The molecule has 5 nitrogen and oxygen atoms in total. The predicted octanol–water partition coefficient (Wildman–Crippen LogP) is 3.82. The van der Waals surface area contributed by atoms with Crippen molar-refractivity contribution in [1.82, 2.24) is 19.7 Å². The lowest BCUT2D eigenvalue weighted by atomic mass is 10.1. The van der Waals surface area contributed by atoms with Gasteiger partial charge in [-0.05, 0) is 37.6 Å². The van der Waals surface area contributed by atoms with E-state index in [9.17, 15) is 0 Å². The molecular formula is C18H18N4O. The molecule has 0 saturated heterocycles. The van der Waals surface area contributed by atoms with Gasteiger partial charge in [0.05, 0.1) is 34.9 Å². The highest BCUT2D eigenvalue weighted by Gasteiger charge is 2.16. The van der Waals surface area contributed by atoms with Crippen LogP contribution in [0.1, 0.15) is 12.5 Å². The van der Waals surface area contributed by atoms with Crippen LogP contribution in [0.5, 0.6) is 5.75 Å². The number of aromatic amines is 1. The van der Waals surface area contributed by atoms with Crippen LogP contribution in [-0.2, 0) is 7.05 Å². The van der Waals surface area contributed by atoms with Gasteiger partial charge in [0.15, 0.2) is 0 Å². The number of nitrogens with one attached hydrogen (secondary N) is 1. The molecule has 4 aromatic rings. The zero-order valence-corrected chi connectivity index (χ0v) is 13.4. The van der Waals surface area contributed by atoms with Gasteiger partial charge in [0, 0.05) is 12.4 Å². The van der Waals surface area contributed by atoms with Gasteiger partial charge >= 0.3 is 0 Å². The van der Waals surface area contributed by atoms with Gasteiger partial charge in [0.1, 0.15) is 11.6 Å². The van der Waals surface area contributed by atoms with Crippen molar-refractivity contribution in [2.75, 3.05) is 6.61 Å². The van der Waals surface area contributed by atoms with Crippen molar-refractivity contribution < 1.29 is 4.74 Å². The summed E-state index contributed by atoms with van der Waals surface area (Å²) >= 11 is 0. The fourth-order valence-electron chi connectivity index (χ4n) is 3.02. The largest absolute Gasteiger partial charge is 0.493 e. The van der Waals surface area contributed by atoms with Gasteiger partial charge in [0.25, 0.3) is 0 Å². The maximum absolute atomic E-state index is 5.86. The van der Waals surface area contributed by atoms with Gasteiger partial charge in [-0.3, -0.25) is 5.10 Å². The third kappa shape index (κ3) is 2.08. The van der Waals surface area contributed by atoms with Crippen LogP contribution in [0.15, 0.2) is 36.5 Å². The van der Waals surface area contributed by atoms with Crippen molar-refractivity contribution in [3.8, 4) is 17.1 Å². The first-order valence-corrected chi connectivity index (χ1v) is 7.71. The highest BCUT2D eigenvalue weighted by molar-refractivity contribution is 5.89. The SMILES string of the molecule is CCOc1cc2cn[nH]c2cc1-c1nc2c(C)cccc2n1C. The number of ether oxygens (including phenoxy) is 1. The number of rotatable bonds is 3. The van der Waals surface area contributed by atoms with Crippen LogP contribution in [0.4, 0.5) is 0 Å². The molecule has 0 aliphatic rings. The van der Waals surface area contributed by atoms with E-state index < -0.39 is 0 Å². The first-order valence-electron chi connectivity index (χ1n) is 7.71. The molecule has 23 heavy (non-hydrogen) atoms. The van der Waals surface area contributed by atoms with Crippen LogP contribution in [0, 0.1) is 6.92 Å². The molecule has 116 valence electrons. The summed E-state index contributed by atoms with van der Waals surface area (Å²) in [6, 6.07) is 10.3. The lowest BCUT2D eigenvalue weighted by Gasteiger charge is -2.10. The first-order chi connectivity index (χ1) is 11.2. The van der Waals surface area contributed by atoms with Crippen LogP contribution >= 0.6 is 0 Å². The second kappa shape index (κ2) is 5.12. The number of imidazole rings is 1. The Morgan fingerprint density at radius 3 is 2.91 bits per heavy atom. The molecule has 2 aromatic carbocycles. The van der Waals surface area contributed by atoms with Crippen LogP contribution in [-0.4, -0.2) is 26.4 Å². The van der Waals surface area contributed by atoms with Gasteiger partial charge in [0.2, 0.25) is 0 Å². The van der Waals surface area contributed by atoms with E-state index in [4.69, 9.17) is 9.72 Å². The minimum absolute atomic E-state index is 0.610. The second-order valence-corrected chi connectivity index (χ2v) is 5.68. The highest BCUT2D eigenvalue weighted by atomic mass is 16.5. The predicted molar refractivity (Wildman–Crippen MR) is 91.7 cm³/mol. The summed E-state index contributed by atoms with van der Waals surface area (Å²) in [4.78, 5) is 4.86. The van der Waals surface area contributed by atoms with Gasteiger partial charge in [-0.1, -0.05) is 12.1 Å². The van der Waals surface area contributed by atoms with E-state index in [0.717, 1.165) is 39.1 Å². The normalized spacial score (nSPS) is 11.4. The van der Waals surface area contributed by atoms with Crippen LogP contribution in [0.2, 0.25) is 0 Å². The molecule has 0 unspecified atom stereocenters. The van der Waals surface area contributed by atoms with Crippen LogP contribution < -0.4 is 4.74 Å². The maximum atomic E-state index is 5.86. The summed E-state index contributed by atoms with van der Waals surface area (Å²) in [5.74, 6) is 1.73. The van der Waals surface area contributed by atoms with Crippen LogP contribution in [0.3, 0.4) is 0 Å². The Kier molecular flexibility index (Phi) is 3.08. The lowest BCUT2D eigenvalue weighted by Crippen LogP contribution is -1.98. The number of benzene rings is 2. The monoisotopic (exact) mass is 306 g/mol. The molecule has 1 N–H and O–H groups in total. The molecule has 2 heterocycles. The molecule has 0 saturated carbocycles. The molecule has 5 heteroatoms. The summed E-state index contributed by atoms with van der Waals surface area (Å²) in [6.07, 6.45) is 1.81. The van der Waals surface area contributed by atoms with Crippen molar-refractivity contribution in [2.24, 2.45) is 7.05 Å². The van der Waals surface area contributed by atoms with E-state index in [1.54, 1.807) is 6.20 Å². The maximum Gasteiger partial charge on any atom is 0.144 e. The second-order valence-electron chi connectivity index (χ2n) is 5.68. The van der Waals surface area contributed by atoms with Crippen molar-refractivity contribution in [3.63, 3.8) is 0 Å². The van der Waals surface area contributed by atoms with Crippen molar-refractivity contribution in [1.29, 1.82) is 0 Å². The van der Waals surface area contributed by atoms with E-state index in [2.05, 4.69) is 46.0 Å². The molecule has 2 aromatic heterocycles. The number of fused-ring (bicyclic) bond motifs is 2. The highest BCUT2D eigenvalue weighted by Crippen LogP contribution is 2.35. The molecule has 0 bridgehead atoms. The van der Waals surface area contributed by atoms with Crippen molar-refractivity contribution in [2.45, 2.75) is 13.8 Å². The average molecular weight is 306 g/mol. The molecule has 0 amide bonds. The van der Waals surface area contributed by atoms with Crippen molar-refractivity contribution in [3.05, 3.63) is 42.1 Å². The summed E-state index contributed by atoms with van der Waals surface area (Å²) < 4.78 is 7.97. The topological polar surface area (TPSA) is 55.7 Å². The number of H-pyrrole nitrogens is 1. The van der Waals surface area contributed by atoms with E-state index in [1.807, 2.05) is 20.0 Å². The Labute approximate surface area is 133 Å². The molecule has 0 spiro atoms. The molecule has 0 radical (unpaired) electrons. The Bertz CT molecular complexity index is 1010. The number of hydrogen-bond donors (Lipinski definition) is 1. The number of para-hydroxylation sites is 1. The quantitative estimate of drug-likeness (QED) is 0.626. The van der Waals surface area contributed by atoms with Crippen LogP contribution in [0.25, 0.3) is 33.3 Å². The summed E-state index contributed by atoms with van der Waals surface area (Å²) in [5.41, 5.74) is 5.27. The van der Waals surface area contributed by atoms with E-state index >= 15 is 0 Å². The lowest BCUT2D eigenvalue weighted by molar-refractivity contribution is 0.342. The molecule has 0 fully saturated rings. The summed E-state index contributed by atoms with van der Waals surface area (Å²) in [6.45, 7) is 4.68. The fourth-order valence-corrected chi connectivity index (χ4v) is 3.02. The Morgan fingerprint density at radius 2 is 2.13 bits per heavy atom. The van der Waals surface area contributed by atoms with Crippen molar-refractivity contribution >= 4 is 21.9 Å². The number of hydrogen-bond acceptors (Lipinski definition) is 3. The number of aromatic nitrogens is 4. The third-order valence-corrected chi connectivity index (χ3v) is 4.19. The Balaban J connectivity index is 2.02. The molecule has 0 aliphatic carbocycles. The zero-order chi connectivity index (χ0) is 16.0. The summed E-state index contributed by atoms with van der Waals surface area (Å²) in [5, 5.41) is 8.16. The molecular weight excluding hydrogens is 288 g/mol. The number of aryl methyl sites for hydroxylation is 2. The van der Waals surface area contributed by atoms with Gasteiger partial charge < -0.3 is 9.30 Å². The third-order valence-electron chi connectivity index (χ3n) is 4.19. The molecule has 4 rings (SSSR count). The summed E-state index contributed by atoms with van der Waals surface area (Å²) in [7, 11) is 2.04. The molecule has 0 aliphatic heterocycles. The Hall–Kier alpha value is -2.82. The van der Waals surface area contributed by atoms with E-state index in [1.165, 1.54) is 5.56 Å². The number of nitrogens with zero attached hydrogens (tertiary/aromatic N) is 3. The first kappa shape index (κ1) is 13.8. The minimum Gasteiger partial charge on any atom is -0.493 e. The smallest absolute Gasteiger partial charge is 0.144 e. The fraction of sp³-hybridized carbons (Fsp3) is 0.222. The van der Waals surface area contributed by atoms with Gasteiger partial charge in [-0.2, -0.15) is 5.10 Å². The minimum atomic E-state index is 0.610. The Morgan fingerprint density at radius 1 is 1.26 bits per heavy atom. The standard InChI is InChI=1S/C18H18N4O/c1-4-23-16-8-12-10-19-21-14(12)9-13(16)18-20-17-11(2)6-5-7-15(17)22(18)3/h5-10H,4H2,1-3H3,(H,19,21). The average Bonchev–Trinajstić information content (AvgIpc) is 3.12. The molecule has 0 atom stereocenters. The van der Waals surface area contributed by atoms with Gasteiger partial charge in [-0.15, -0.1) is 0 Å². The van der Waals surface area contributed by atoms with E-state index in [0.29, 0.717) is 6.61 Å². The zero-order valence-electron chi connectivity index (χ0n) is 13.4. The van der Waals surface area contributed by atoms with Gasteiger partial charge in [-0.25, -0.2) is 4.98 Å².